The highest BCUT2D eigenvalue weighted by atomic mass is 16.5. The van der Waals surface area contributed by atoms with E-state index in [1.54, 1.807) is 36.3 Å². The van der Waals surface area contributed by atoms with E-state index in [9.17, 15) is 19.2 Å². The molecule has 4 amide bonds. The monoisotopic (exact) mass is 658 g/mol. The normalized spacial score (nSPS) is 17.4. The molecule has 0 fully saturated rings. The van der Waals surface area contributed by atoms with Crippen molar-refractivity contribution in [1.29, 1.82) is 0 Å². The molecular weight excluding hydrogens is 612 g/mol. The van der Waals surface area contributed by atoms with Crippen molar-refractivity contribution in [1.82, 2.24) is 20.9 Å². The first-order chi connectivity index (χ1) is 23.4. The Kier molecular flexibility index (Phi) is 14.4. The van der Waals surface area contributed by atoms with Crippen LogP contribution in [0.25, 0.3) is 0 Å². The third-order valence-electron chi connectivity index (χ3n) is 7.96. The SMILES string of the molecule is CCCCN1CCOc2ccccc2C(=O)N[C@H](C(=O)NCc2ccc(COCCOC)cc2)CC(=O)N[C@@H](Cc2ccccc2)C1=O. The molecule has 0 aliphatic carbocycles. The highest BCUT2D eigenvalue weighted by molar-refractivity contribution is 6.01. The first-order valence-corrected chi connectivity index (χ1v) is 16.4. The Morgan fingerprint density at radius 2 is 1.65 bits per heavy atom. The summed E-state index contributed by atoms with van der Waals surface area (Å²) in [5.41, 5.74) is 2.92. The molecule has 0 unspecified atom stereocenters. The van der Waals surface area contributed by atoms with E-state index in [0.717, 1.165) is 29.5 Å². The minimum atomic E-state index is -1.22. The van der Waals surface area contributed by atoms with Crippen molar-refractivity contribution in [2.24, 2.45) is 0 Å². The van der Waals surface area contributed by atoms with Crippen LogP contribution >= 0.6 is 0 Å². The topological polar surface area (TPSA) is 135 Å². The molecule has 4 rings (SSSR count). The molecule has 0 saturated heterocycles. The van der Waals surface area contributed by atoms with Crippen LogP contribution in [0.15, 0.2) is 78.9 Å². The van der Waals surface area contributed by atoms with Gasteiger partial charge < -0.3 is 35.1 Å². The Labute approximate surface area is 282 Å². The molecule has 1 aliphatic rings. The van der Waals surface area contributed by atoms with Crippen LogP contribution < -0.4 is 20.7 Å². The maximum absolute atomic E-state index is 13.9. The molecule has 11 heteroatoms. The number of hydrogen-bond acceptors (Lipinski definition) is 7. The lowest BCUT2D eigenvalue weighted by Gasteiger charge is -2.29. The highest BCUT2D eigenvalue weighted by Crippen LogP contribution is 2.19. The van der Waals surface area contributed by atoms with E-state index in [2.05, 4.69) is 16.0 Å². The van der Waals surface area contributed by atoms with Crippen LogP contribution in [0, 0.1) is 0 Å². The number of fused-ring (bicyclic) bond motifs is 1. The van der Waals surface area contributed by atoms with Gasteiger partial charge in [-0.1, -0.05) is 80.1 Å². The van der Waals surface area contributed by atoms with Crippen molar-refractivity contribution in [2.75, 3.05) is 40.0 Å². The van der Waals surface area contributed by atoms with Crippen LogP contribution in [0.4, 0.5) is 0 Å². The number of unbranched alkanes of at least 4 members (excludes halogenated alkanes) is 1. The number of nitrogens with zero attached hydrogens (tertiary/aromatic N) is 1. The van der Waals surface area contributed by atoms with Crippen LogP contribution in [0.3, 0.4) is 0 Å². The van der Waals surface area contributed by atoms with E-state index in [1.807, 2.05) is 61.5 Å². The van der Waals surface area contributed by atoms with Crippen molar-refractivity contribution in [3.63, 3.8) is 0 Å². The molecule has 1 aliphatic heterocycles. The van der Waals surface area contributed by atoms with Gasteiger partial charge in [0.05, 0.1) is 38.3 Å². The van der Waals surface area contributed by atoms with Crippen LogP contribution in [0.5, 0.6) is 5.75 Å². The Morgan fingerprint density at radius 1 is 0.917 bits per heavy atom. The zero-order chi connectivity index (χ0) is 34.1. The average molecular weight is 659 g/mol. The summed E-state index contributed by atoms with van der Waals surface area (Å²) in [6.45, 7) is 4.59. The van der Waals surface area contributed by atoms with Gasteiger partial charge in [-0.25, -0.2) is 0 Å². The maximum atomic E-state index is 13.9. The standard InChI is InChI=1S/C37H46N4O7/c1-3-4-18-41-19-20-48-33-13-9-8-12-30(33)35(43)40-31(24-34(42)39-32(37(41)45)23-27-10-6-5-7-11-27)36(44)38-25-28-14-16-29(17-15-28)26-47-22-21-46-2/h5-17,31-32H,3-4,18-26H2,1-2H3,(H,38,44)(H,39,42)(H,40,43)/t31-,32-/m0/s1. The first-order valence-electron chi connectivity index (χ1n) is 16.4. The predicted molar refractivity (Wildman–Crippen MR) is 181 cm³/mol. The summed E-state index contributed by atoms with van der Waals surface area (Å²) in [5.74, 6) is -1.52. The predicted octanol–water partition coefficient (Wildman–Crippen LogP) is 3.40. The van der Waals surface area contributed by atoms with Crippen molar-refractivity contribution >= 4 is 23.6 Å². The van der Waals surface area contributed by atoms with E-state index in [0.29, 0.717) is 32.1 Å². The lowest BCUT2D eigenvalue weighted by Crippen LogP contribution is -2.54. The van der Waals surface area contributed by atoms with Crippen LogP contribution in [0.1, 0.15) is 53.2 Å². The van der Waals surface area contributed by atoms with E-state index >= 15 is 0 Å². The van der Waals surface area contributed by atoms with Crippen LogP contribution in [-0.2, 0) is 43.4 Å². The second kappa shape index (κ2) is 19.2. The summed E-state index contributed by atoms with van der Waals surface area (Å²) in [7, 11) is 1.62. The fraction of sp³-hybridized carbons (Fsp3) is 0.405. The van der Waals surface area contributed by atoms with Gasteiger partial charge in [0.1, 0.15) is 24.4 Å². The van der Waals surface area contributed by atoms with E-state index in [4.69, 9.17) is 14.2 Å². The number of carbonyl (C=O) groups excluding carboxylic acids is 4. The number of rotatable bonds is 13. The van der Waals surface area contributed by atoms with E-state index in [-0.39, 0.29) is 44.0 Å². The second-order valence-corrected chi connectivity index (χ2v) is 11.6. The summed E-state index contributed by atoms with van der Waals surface area (Å²) in [6, 6.07) is 21.7. The van der Waals surface area contributed by atoms with Gasteiger partial charge in [-0.15, -0.1) is 0 Å². The number of carbonyl (C=O) groups is 4. The number of nitrogens with one attached hydrogen (secondary N) is 3. The number of methoxy groups -OCH3 is 1. The van der Waals surface area contributed by atoms with Crippen molar-refractivity contribution < 1.29 is 33.4 Å². The fourth-order valence-electron chi connectivity index (χ4n) is 5.28. The third kappa shape index (κ3) is 11.2. The zero-order valence-corrected chi connectivity index (χ0v) is 27.7. The van der Waals surface area contributed by atoms with Gasteiger partial charge in [-0.3, -0.25) is 19.2 Å². The minimum absolute atomic E-state index is 0.147. The zero-order valence-electron chi connectivity index (χ0n) is 27.7. The number of para-hydroxylation sites is 1. The molecule has 11 nitrogen and oxygen atoms in total. The van der Waals surface area contributed by atoms with Gasteiger partial charge in [-0.2, -0.15) is 0 Å². The fourth-order valence-corrected chi connectivity index (χ4v) is 5.28. The lowest BCUT2D eigenvalue weighted by molar-refractivity contribution is -0.137. The lowest BCUT2D eigenvalue weighted by atomic mass is 10.0. The molecule has 2 atom stereocenters. The van der Waals surface area contributed by atoms with Crippen molar-refractivity contribution in [3.8, 4) is 5.75 Å². The van der Waals surface area contributed by atoms with Crippen LogP contribution in [0.2, 0.25) is 0 Å². The largest absolute Gasteiger partial charge is 0.491 e. The Balaban J connectivity index is 1.54. The van der Waals surface area contributed by atoms with Crippen molar-refractivity contribution in [2.45, 2.75) is 57.8 Å². The summed E-state index contributed by atoms with van der Waals surface area (Å²) < 4.78 is 16.6. The molecule has 0 saturated carbocycles. The van der Waals surface area contributed by atoms with E-state index < -0.39 is 29.8 Å². The molecule has 0 bridgehead atoms. The maximum Gasteiger partial charge on any atom is 0.255 e. The molecule has 3 aromatic carbocycles. The molecule has 1 heterocycles. The molecule has 256 valence electrons. The van der Waals surface area contributed by atoms with Gasteiger partial charge >= 0.3 is 0 Å². The molecule has 0 aromatic heterocycles. The summed E-state index contributed by atoms with van der Waals surface area (Å²) in [4.78, 5) is 56.3. The summed E-state index contributed by atoms with van der Waals surface area (Å²) in [5, 5.41) is 8.46. The second-order valence-electron chi connectivity index (χ2n) is 11.6. The third-order valence-corrected chi connectivity index (χ3v) is 7.96. The first kappa shape index (κ1) is 36.1. The summed E-state index contributed by atoms with van der Waals surface area (Å²) >= 11 is 0. The number of benzene rings is 3. The van der Waals surface area contributed by atoms with Gasteiger partial charge in [-0.05, 0) is 35.2 Å². The average Bonchev–Trinajstić information content (AvgIpc) is 3.10. The number of ether oxygens (including phenoxy) is 3. The van der Waals surface area contributed by atoms with Gasteiger partial charge in [0.25, 0.3) is 5.91 Å². The quantitative estimate of drug-likeness (QED) is 0.240. The smallest absolute Gasteiger partial charge is 0.255 e. The summed E-state index contributed by atoms with van der Waals surface area (Å²) in [6.07, 6.45) is 1.57. The Morgan fingerprint density at radius 3 is 2.40 bits per heavy atom. The minimum Gasteiger partial charge on any atom is -0.491 e. The molecule has 3 aromatic rings. The van der Waals surface area contributed by atoms with Gasteiger partial charge in [0.15, 0.2) is 0 Å². The molecule has 3 N–H and O–H groups in total. The molecule has 48 heavy (non-hydrogen) atoms. The van der Waals surface area contributed by atoms with Crippen molar-refractivity contribution in [3.05, 3.63) is 101 Å². The Bertz CT molecular complexity index is 1480. The van der Waals surface area contributed by atoms with E-state index in [1.165, 1.54) is 0 Å². The Hall–Kier alpha value is -4.74. The van der Waals surface area contributed by atoms with Crippen LogP contribution in [-0.4, -0.2) is 80.6 Å². The number of hydrogen-bond donors (Lipinski definition) is 3. The molecular formula is C37H46N4O7. The molecule has 0 radical (unpaired) electrons. The van der Waals surface area contributed by atoms with Gasteiger partial charge in [0.2, 0.25) is 17.7 Å². The highest BCUT2D eigenvalue weighted by Gasteiger charge is 2.30. The molecule has 0 spiro atoms. The number of amides is 4. The van der Waals surface area contributed by atoms with Gasteiger partial charge in [0, 0.05) is 26.6 Å².